The lowest BCUT2D eigenvalue weighted by molar-refractivity contribution is 0.0538. The van der Waals surface area contributed by atoms with Gasteiger partial charge >= 0.3 is 12.1 Å². The molecule has 0 aromatic carbocycles. The van der Waals surface area contributed by atoms with Gasteiger partial charge in [0.15, 0.2) is 0 Å². The number of hydrogen-bond donors (Lipinski definition) is 4. The van der Waals surface area contributed by atoms with Gasteiger partial charge < -0.3 is 29.8 Å². The van der Waals surface area contributed by atoms with Crippen LogP contribution in [0, 0.1) is 6.92 Å². The Morgan fingerprint density at radius 3 is 2.58 bits per heavy atom. The Bertz CT molecular complexity index is 1080. The number of aromatic carboxylic acids is 1. The first-order valence-corrected chi connectivity index (χ1v) is 10.6. The number of rotatable bonds is 6. The number of nitrogens with one attached hydrogen (secondary N) is 3. The molecule has 2 atom stereocenters. The number of aromatic nitrogens is 2. The number of amides is 2. The van der Waals surface area contributed by atoms with Crippen LogP contribution in [0.5, 0.6) is 0 Å². The van der Waals surface area contributed by atoms with Crippen molar-refractivity contribution in [2.45, 2.75) is 25.5 Å². The van der Waals surface area contributed by atoms with Crippen molar-refractivity contribution >= 4 is 52.7 Å². The summed E-state index contributed by atoms with van der Waals surface area (Å²) >= 11 is 12.2. The molecule has 3 heterocycles. The molecule has 0 spiro atoms. The molecule has 2 unspecified atom stereocenters. The van der Waals surface area contributed by atoms with Gasteiger partial charge in [-0.2, -0.15) is 0 Å². The van der Waals surface area contributed by atoms with E-state index in [-0.39, 0.29) is 28.0 Å². The molecular weight excluding hydrogens is 477 g/mol. The molecule has 2 aromatic heterocycles. The fraction of sp³-hybridized carbons (Fsp3) is 0.400. The number of carbonyl (C=O) groups is 3. The van der Waals surface area contributed by atoms with Gasteiger partial charge in [0.05, 0.1) is 46.7 Å². The van der Waals surface area contributed by atoms with Crippen LogP contribution in [0.4, 0.5) is 16.3 Å². The molecule has 0 aliphatic carbocycles. The number of piperidine rings is 1. The van der Waals surface area contributed by atoms with E-state index >= 15 is 0 Å². The van der Waals surface area contributed by atoms with E-state index < -0.39 is 24.1 Å². The highest BCUT2D eigenvalue weighted by Crippen LogP contribution is 2.30. The third-order valence-electron chi connectivity index (χ3n) is 5.33. The van der Waals surface area contributed by atoms with Crippen molar-refractivity contribution in [2.24, 2.45) is 0 Å². The molecule has 3 rings (SSSR count). The van der Waals surface area contributed by atoms with E-state index in [0.29, 0.717) is 36.0 Å². The Labute approximate surface area is 199 Å². The van der Waals surface area contributed by atoms with Crippen molar-refractivity contribution in [1.29, 1.82) is 0 Å². The molecule has 2 amide bonds. The summed E-state index contributed by atoms with van der Waals surface area (Å²) in [4.78, 5) is 44.8. The summed E-state index contributed by atoms with van der Waals surface area (Å²) in [7, 11) is 2.69. The van der Waals surface area contributed by atoms with Crippen molar-refractivity contribution in [3.63, 3.8) is 0 Å². The maximum Gasteiger partial charge on any atom is 0.411 e. The molecule has 0 saturated carbocycles. The number of carbonyl (C=O) groups excluding carboxylic acids is 2. The molecule has 1 fully saturated rings. The number of carboxylic acid groups (broad SMARTS) is 1. The van der Waals surface area contributed by atoms with Gasteiger partial charge in [0.2, 0.25) is 0 Å². The van der Waals surface area contributed by atoms with Crippen LogP contribution in [-0.2, 0) is 9.47 Å². The van der Waals surface area contributed by atoms with Crippen LogP contribution >= 0.6 is 23.2 Å². The van der Waals surface area contributed by atoms with E-state index in [9.17, 15) is 19.5 Å². The summed E-state index contributed by atoms with van der Waals surface area (Å²) < 4.78 is 10.1. The maximum absolute atomic E-state index is 12.7. The molecule has 0 bridgehead atoms. The zero-order chi connectivity index (χ0) is 24.3. The lowest BCUT2D eigenvalue weighted by Gasteiger charge is -2.38. The van der Waals surface area contributed by atoms with Crippen LogP contribution < -0.4 is 15.5 Å². The van der Waals surface area contributed by atoms with Crippen molar-refractivity contribution < 1.29 is 29.0 Å². The van der Waals surface area contributed by atoms with Crippen molar-refractivity contribution in [3.05, 3.63) is 39.3 Å². The van der Waals surface area contributed by atoms with Crippen LogP contribution in [0.3, 0.4) is 0 Å². The number of carboxylic acids is 1. The fourth-order valence-corrected chi connectivity index (χ4v) is 3.97. The molecule has 11 nitrogen and oxygen atoms in total. The second kappa shape index (κ2) is 10.3. The number of nitrogens with zero attached hydrogens (tertiary/aromatic N) is 2. The topological polar surface area (TPSA) is 146 Å². The predicted molar refractivity (Wildman–Crippen MR) is 122 cm³/mol. The molecule has 13 heteroatoms. The minimum absolute atomic E-state index is 0.0142. The predicted octanol–water partition coefficient (Wildman–Crippen LogP) is 2.93. The minimum Gasteiger partial charge on any atom is -0.478 e. The third-order valence-corrected chi connectivity index (χ3v) is 6.27. The van der Waals surface area contributed by atoms with Gasteiger partial charge in [0.25, 0.3) is 5.91 Å². The number of ether oxygens (including phenoxy) is 2. The monoisotopic (exact) mass is 499 g/mol. The fourth-order valence-electron chi connectivity index (χ4n) is 3.55. The van der Waals surface area contributed by atoms with Crippen LogP contribution in [0.15, 0.2) is 12.3 Å². The van der Waals surface area contributed by atoms with Crippen molar-refractivity contribution in [1.82, 2.24) is 15.3 Å². The van der Waals surface area contributed by atoms with Crippen LogP contribution in [0.2, 0.25) is 10.0 Å². The number of anilines is 2. The summed E-state index contributed by atoms with van der Waals surface area (Å²) in [5.74, 6) is -1.24. The Hall–Kier alpha value is -3.02. The summed E-state index contributed by atoms with van der Waals surface area (Å²) in [6.07, 6.45) is 0.546. The molecule has 1 aliphatic rings. The first-order chi connectivity index (χ1) is 15.7. The number of H-pyrrole nitrogens is 1. The quantitative estimate of drug-likeness (QED) is 0.474. The standard InChI is InChI=1S/C20H23Cl2N5O6/c1-9-15(21)16(22)17(24-9)18(28)25-11-4-5-27(8-13(11)32-2)14-6-10(19(29)30)12(7-23-14)26-20(31)33-3/h6-7,11,13,24H,4-5,8H2,1-3H3,(H,25,28)(H,26,31)(H,29,30). The Balaban J connectivity index is 1.74. The average molecular weight is 500 g/mol. The van der Waals surface area contributed by atoms with Gasteiger partial charge in [-0.3, -0.25) is 10.1 Å². The number of hydrogen-bond acceptors (Lipinski definition) is 7. The second-order valence-electron chi connectivity index (χ2n) is 7.35. The molecule has 1 saturated heterocycles. The van der Waals surface area contributed by atoms with Gasteiger partial charge in [-0.15, -0.1) is 0 Å². The normalized spacial score (nSPS) is 18.0. The lowest BCUT2D eigenvalue weighted by Crippen LogP contribution is -2.55. The molecule has 4 N–H and O–H groups in total. The zero-order valence-electron chi connectivity index (χ0n) is 18.1. The van der Waals surface area contributed by atoms with Crippen molar-refractivity contribution in [2.75, 3.05) is 37.5 Å². The first-order valence-electron chi connectivity index (χ1n) is 9.86. The second-order valence-corrected chi connectivity index (χ2v) is 8.11. The Kier molecular flexibility index (Phi) is 7.67. The Morgan fingerprint density at radius 1 is 1.27 bits per heavy atom. The highest BCUT2D eigenvalue weighted by atomic mass is 35.5. The molecular formula is C20H23Cl2N5O6. The van der Waals surface area contributed by atoms with Crippen LogP contribution in [0.1, 0.15) is 33.0 Å². The summed E-state index contributed by atoms with van der Waals surface area (Å²) in [5, 5.41) is 15.2. The molecule has 33 heavy (non-hydrogen) atoms. The van der Waals surface area contributed by atoms with Gasteiger partial charge in [0, 0.05) is 25.9 Å². The van der Waals surface area contributed by atoms with Gasteiger partial charge in [-0.25, -0.2) is 14.6 Å². The van der Waals surface area contributed by atoms with Crippen LogP contribution in [0.25, 0.3) is 0 Å². The van der Waals surface area contributed by atoms with Crippen molar-refractivity contribution in [3.8, 4) is 0 Å². The SMILES string of the molecule is COC(=O)Nc1cnc(N2CCC(NC(=O)c3[nH]c(C)c(Cl)c3Cl)C(OC)C2)cc1C(=O)O. The van der Waals surface area contributed by atoms with E-state index in [0.717, 1.165) is 0 Å². The van der Waals surface area contributed by atoms with Gasteiger partial charge in [-0.05, 0) is 19.4 Å². The molecule has 178 valence electrons. The van der Waals surface area contributed by atoms with Gasteiger partial charge in [-0.1, -0.05) is 23.2 Å². The maximum atomic E-state index is 12.7. The van der Waals surface area contributed by atoms with E-state index in [4.69, 9.17) is 27.9 Å². The molecule has 2 aromatic rings. The van der Waals surface area contributed by atoms with E-state index in [1.54, 1.807) is 6.92 Å². The van der Waals surface area contributed by atoms with Gasteiger partial charge in [0.1, 0.15) is 11.5 Å². The smallest absolute Gasteiger partial charge is 0.411 e. The van der Waals surface area contributed by atoms with E-state index in [1.807, 2.05) is 4.90 Å². The summed E-state index contributed by atoms with van der Waals surface area (Å²) in [6, 6.07) is 1.04. The number of methoxy groups -OCH3 is 2. The zero-order valence-corrected chi connectivity index (χ0v) is 19.6. The van der Waals surface area contributed by atoms with E-state index in [2.05, 4.69) is 25.3 Å². The number of pyridine rings is 1. The molecule has 0 radical (unpaired) electrons. The molecule has 1 aliphatic heterocycles. The highest BCUT2D eigenvalue weighted by molar-refractivity contribution is 6.44. The minimum atomic E-state index is -1.23. The largest absolute Gasteiger partial charge is 0.478 e. The number of aryl methyl sites for hydroxylation is 1. The highest BCUT2D eigenvalue weighted by Gasteiger charge is 2.33. The van der Waals surface area contributed by atoms with E-state index in [1.165, 1.54) is 26.5 Å². The summed E-state index contributed by atoms with van der Waals surface area (Å²) in [5.41, 5.74) is 0.650. The summed E-state index contributed by atoms with van der Waals surface area (Å²) in [6.45, 7) is 2.53. The van der Waals surface area contributed by atoms with Crippen LogP contribution in [-0.4, -0.2) is 72.5 Å². The number of halogens is 2. The first kappa shape index (κ1) is 24.6. The third kappa shape index (κ3) is 5.32. The number of aromatic amines is 1. The Morgan fingerprint density at radius 2 is 2.00 bits per heavy atom. The lowest BCUT2D eigenvalue weighted by atomic mass is 10.0. The average Bonchev–Trinajstić information content (AvgIpc) is 3.06.